The number of rotatable bonds is 5. The van der Waals surface area contributed by atoms with Crippen LogP contribution < -0.4 is 5.73 Å². The Labute approximate surface area is 219 Å². The van der Waals surface area contributed by atoms with E-state index in [9.17, 15) is 10.1 Å². The first kappa shape index (κ1) is 24.7. The van der Waals surface area contributed by atoms with E-state index in [2.05, 4.69) is 34.1 Å². The fourth-order valence-electron chi connectivity index (χ4n) is 5.61. The van der Waals surface area contributed by atoms with Gasteiger partial charge in [0.15, 0.2) is 11.3 Å². The molecule has 1 aromatic carbocycles. The van der Waals surface area contributed by atoms with E-state index in [4.69, 9.17) is 33.9 Å². The minimum Gasteiger partial charge on any atom is -0.368 e. The van der Waals surface area contributed by atoms with Crippen LogP contribution in [0, 0.1) is 17.2 Å². The minimum absolute atomic E-state index is 0.177. The largest absolute Gasteiger partial charge is 0.368 e. The first-order valence-corrected chi connectivity index (χ1v) is 12.9. The summed E-state index contributed by atoms with van der Waals surface area (Å²) in [5, 5.41) is 15.2. The number of nitriles is 1. The highest BCUT2D eigenvalue weighted by Crippen LogP contribution is 2.37. The van der Waals surface area contributed by atoms with Gasteiger partial charge in [-0.05, 0) is 68.3 Å². The number of primary amides is 1. The van der Waals surface area contributed by atoms with E-state index in [0.717, 1.165) is 49.1 Å². The number of hydrogen-bond donors (Lipinski definition) is 1. The molecular formula is C26H27Cl2N7O. The molecule has 1 amide bonds. The Morgan fingerprint density at radius 1 is 1.33 bits per heavy atom. The van der Waals surface area contributed by atoms with Crippen molar-refractivity contribution in [1.82, 2.24) is 24.6 Å². The number of hydrogen-bond acceptors (Lipinski definition) is 6. The molecule has 3 aromatic rings. The number of allylic oxidation sites excluding steroid dienone is 1. The third kappa shape index (κ3) is 4.36. The summed E-state index contributed by atoms with van der Waals surface area (Å²) >= 11 is 12.5. The number of aromatic nitrogens is 4. The van der Waals surface area contributed by atoms with Crippen molar-refractivity contribution in [1.29, 1.82) is 5.26 Å². The number of carbonyl (C=O) groups excluding carboxylic acids is 1. The summed E-state index contributed by atoms with van der Waals surface area (Å²) in [5.41, 5.74) is 9.57. The number of amides is 1. The van der Waals surface area contributed by atoms with Crippen LogP contribution in [-0.2, 0) is 4.79 Å². The summed E-state index contributed by atoms with van der Waals surface area (Å²) in [4.78, 5) is 23.7. The van der Waals surface area contributed by atoms with E-state index in [1.165, 1.54) is 0 Å². The lowest BCUT2D eigenvalue weighted by atomic mass is 9.83. The molecule has 1 aliphatic carbocycles. The SMILES string of the molecule is CC1CC(c2cnc3c(C#N)nn([C@H](C)c4ccc(Cl)cc4Cl)c3n2)=CCC1N1CCCC1C(N)=O. The van der Waals surface area contributed by atoms with Crippen molar-refractivity contribution in [3.63, 3.8) is 0 Å². The molecule has 2 aliphatic rings. The normalized spacial score (nSPS) is 23.4. The van der Waals surface area contributed by atoms with Crippen molar-refractivity contribution in [3.8, 4) is 6.07 Å². The molecular weight excluding hydrogens is 497 g/mol. The Kier molecular flexibility index (Phi) is 6.73. The first-order valence-electron chi connectivity index (χ1n) is 12.1. The van der Waals surface area contributed by atoms with Crippen LogP contribution >= 0.6 is 23.2 Å². The Balaban J connectivity index is 1.49. The van der Waals surface area contributed by atoms with Gasteiger partial charge in [-0.1, -0.05) is 42.3 Å². The van der Waals surface area contributed by atoms with Gasteiger partial charge in [0.1, 0.15) is 11.6 Å². The van der Waals surface area contributed by atoms with Crippen molar-refractivity contribution in [2.45, 2.75) is 57.7 Å². The molecule has 0 spiro atoms. The Bertz CT molecular complexity index is 1410. The van der Waals surface area contributed by atoms with Crippen LogP contribution in [0.4, 0.5) is 0 Å². The van der Waals surface area contributed by atoms with E-state index >= 15 is 0 Å². The van der Waals surface area contributed by atoms with Crippen molar-refractivity contribution < 1.29 is 4.79 Å². The lowest BCUT2D eigenvalue weighted by molar-refractivity contribution is -0.123. The van der Waals surface area contributed by atoms with Crippen molar-refractivity contribution in [3.05, 3.63) is 57.5 Å². The van der Waals surface area contributed by atoms with Crippen LogP contribution in [0.25, 0.3) is 16.7 Å². The van der Waals surface area contributed by atoms with E-state index in [1.807, 2.05) is 13.0 Å². The van der Waals surface area contributed by atoms with E-state index in [-0.39, 0.29) is 29.7 Å². The molecule has 2 N–H and O–H groups in total. The predicted octanol–water partition coefficient (Wildman–Crippen LogP) is 4.75. The average molecular weight is 524 g/mol. The fraction of sp³-hybridized carbons (Fsp3) is 0.423. The van der Waals surface area contributed by atoms with Crippen molar-refractivity contribution >= 4 is 45.8 Å². The highest BCUT2D eigenvalue weighted by molar-refractivity contribution is 6.35. The summed E-state index contributed by atoms with van der Waals surface area (Å²) in [6.07, 6.45) is 7.37. The zero-order chi connectivity index (χ0) is 25.6. The zero-order valence-electron chi connectivity index (χ0n) is 20.2. The number of likely N-dealkylation sites (tertiary alicyclic amines) is 1. The molecule has 1 fully saturated rings. The quantitative estimate of drug-likeness (QED) is 0.516. The Morgan fingerprint density at radius 3 is 2.83 bits per heavy atom. The highest BCUT2D eigenvalue weighted by Gasteiger charge is 2.37. The molecule has 10 heteroatoms. The second kappa shape index (κ2) is 9.81. The summed E-state index contributed by atoms with van der Waals surface area (Å²) in [5.74, 6) is 0.0936. The molecule has 3 heterocycles. The molecule has 1 aliphatic heterocycles. The second-order valence-corrected chi connectivity index (χ2v) is 10.5. The molecule has 4 atom stereocenters. The number of nitrogens with zero attached hydrogens (tertiary/aromatic N) is 6. The molecule has 36 heavy (non-hydrogen) atoms. The van der Waals surface area contributed by atoms with Gasteiger partial charge in [-0.2, -0.15) is 10.4 Å². The number of benzene rings is 1. The third-order valence-electron chi connectivity index (χ3n) is 7.47. The predicted molar refractivity (Wildman–Crippen MR) is 139 cm³/mol. The van der Waals surface area contributed by atoms with Crippen LogP contribution in [0.3, 0.4) is 0 Å². The fourth-order valence-corrected chi connectivity index (χ4v) is 6.17. The maximum absolute atomic E-state index is 11.9. The number of fused-ring (bicyclic) bond motifs is 1. The van der Waals surface area contributed by atoms with E-state index < -0.39 is 0 Å². The molecule has 0 radical (unpaired) electrons. The van der Waals surface area contributed by atoms with Crippen LogP contribution in [0.5, 0.6) is 0 Å². The molecule has 8 nitrogen and oxygen atoms in total. The topological polar surface area (TPSA) is 114 Å². The highest BCUT2D eigenvalue weighted by atomic mass is 35.5. The molecule has 1 saturated heterocycles. The molecule has 2 aromatic heterocycles. The van der Waals surface area contributed by atoms with Crippen LogP contribution in [0.15, 0.2) is 30.5 Å². The van der Waals surface area contributed by atoms with Crippen molar-refractivity contribution in [2.24, 2.45) is 11.7 Å². The van der Waals surface area contributed by atoms with Crippen molar-refractivity contribution in [2.75, 3.05) is 6.54 Å². The number of carbonyl (C=O) groups is 1. The second-order valence-electron chi connectivity index (χ2n) is 9.69. The third-order valence-corrected chi connectivity index (χ3v) is 8.03. The smallest absolute Gasteiger partial charge is 0.234 e. The van der Waals surface area contributed by atoms with Gasteiger partial charge in [0, 0.05) is 16.1 Å². The standard InChI is InChI=1S/C26H27Cl2N7O/c1-14-10-16(5-8-22(14)34-9-3-4-23(34)25(30)36)21-13-31-24-20(12-29)33-35(26(24)32-21)15(2)18-7-6-17(27)11-19(18)28/h5-7,11,13-15,22-23H,3-4,8-10H2,1-2H3,(H2,30,36)/t14?,15-,22?,23?/m1/s1. The van der Waals surface area contributed by atoms with Gasteiger partial charge < -0.3 is 5.73 Å². The zero-order valence-corrected chi connectivity index (χ0v) is 21.7. The van der Waals surface area contributed by atoms with Crippen LogP contribution in [-0.4, -0.2) is 49.2 Å². The number of nitrogens with two attached hydrogens (primary N) is 1. The summed E-state index contributed by atoms with van der Waals surface area (Å²) in [6, 6.07) is 7.27. The lowest BCUT2D eigenvalue weighted by Crippen LogP contribution is -2.48. The van der Waals surface area contributed by atoms with Gasteiger partial charge in [0.25, 0.3) is 0 Å². The molecule has 0 bridgehead atoms. The number of halogens is 2. The lowest BCUT2D eigenvalue weighted by Gasteiger charge is -2.38. The summed E-state index contributed by atoms with van der Waals surface area (Å²) in [7, 11) is 0. The molecule has 186 valence electrons. The van der Waals surface area contributed by atoms with Gasteiger partial charge in [-0.25, -0.2) is 14.6 Å². The van der Waals surface area contributed by atoms with Gasteiger partial charge >= 0.3 is 0 Å². The Hall–Kier alpha value is -2.99. The van der Waals surface area contributed by atoms with Gasteiger partial charge in [0.05, 0.1) is 24.0 Å². The summed E-state index contributed by atoms with van der Waals surface area (Å²) in [6.45, 7) is 5.07. The minimum atomic E-state index is -0.284. The summed E-state index contributed by atoms with van der Waals surface area (Å²) < 4.78 is 1.71. The Morgan fingerprint density at radius 2 is 2.14 bits per heavy atom. The van der Waals surface area contributed by atoms with E-state index in [1.54, 1.807) is 23.0 Å². The maximum Gasteiger partial charge on any atom is 0.234 e. The molecule has 0 saturated carbocycles. The monoisotopic (exact) mass is 523 g/mol. The van der Waals surface area contributed by atoms with Gasteiger partial charge in [-0.15, -0.1) is 0 Å². The van der Waals surface area contributed by atoms with E-state index in [0.29, 0.717) is 27.1 Å². The van der Waals surface area contributed by atoms with Gasteiger partial charge in [-0.3, -0.25) is 9.69 Å². The van der Waals surface area contributed by atoms with Crippen LogP contribution in [0.1, 0.15) is 62.5 Å². The first-order chi connectivity index (χ1) is 17.3. The molecule has 5 rings (SSSR count). The van der Waals surface area contributed by atoms with Gasteiger partial charge in [0.2, 0.25) is 5.91 Å². The average Bonchev–Trinajstić information content (AvgIpc) is 3.48. The molecule has 3 unspecified atom stereocenters. The maximum atomic E-state index is 11.9. The van der Waals surface area contributed by atoms with Crippen LogP contribution in [0.2, 0.25) is 10.0 Å².